The van der Waals surface area contributed by atoms with Crippen molar-refractivity contribution in [2.24, 2.45) is 0 Å². The van der Waals surface area contributed by atoms with E-state index in [1.807, 2.05) is 27.7 Å². The Bertz CT molecular complexity index is 115. The van der Waals surface area contributed by atoms with Gasteiger partial charge in [-0.25, -0.2) is 0 Å². The fourth-order valence-electron chi connectivity index (χ4n) is 0.642. The third kappa shape index (κ3) is 7.54. The molecule has 1 N–H and O–H groups in total. The summed E-state index contributed by atoms with van der Waals surface area (Å²) in [6.45, 7) is 9.33. The van der Waals surface area contributed by atoms with Gasteiger partial charge in [-0.05, 0) is 13.8 Å². The van der Waals surface area contributed by atoms with Gasteiger partial charge in [-0.1, -0.05) is 13.8 Å². The van der Waals surface area contributed by atoms with Crippen molar-refractivity contribution in [2.75, 3.05) is 7.11 Å². The molecule has 2 unspecified atom stereocenters. The molecule has 0 saturated carbocycles. The Morgan fingerprint density at radius 2 is 1.75 bits per heavy atom. The Hall–Kier alpha value is -0.570. The van der Waals surface area contributed by atoms with Crippen LogP contribution in [0.5, 0.6) is 0 Å². The molecule has 0 aliphatic heterocycles. The summed E-state index contributed by atoms with van der Waals surface area (Å²) >= 11 is 0. The molecule has 0 aliphatic carbocycles. The minimum absolute atomic E-state index is 0.0172. The highest BCUT2D eigenvalue weighted by Gasteiger charge is 2.10. The summed E-state index contributed by atoms with van der Waals surface area (Å²) in [5.41, 5.74) is 0. The second kappa shape index (κ2) is 8.53. The van der Waals surface area contributed by atoms with Crippen LogP contribution in [0.25, 0.3) is 0 Å². The van der Waals surface area contributed by atoms with Crippen LogP contribution in [0.2, 0.25) is 0 Å². The number of amides is 1. The van der Waals surface area contributed by atoms with Crippen molar-refractivity contribution in [3.8, 4) is 0 Å². The van der Waals surface area contributed by atoms with Crippen LogP contribution in [0.15, 0.2) is 0 Å². The molecule has 0 bridgehead atoms. The number of rotatable bonds is 3. The van der Waals surface area contributed by atoms with E-state index >= 15 is 0 Å². The molecule has 0 aliphatic rings. The lowest BCUT2D eigenvalue weighted by molar-refractivity contribution is -0.120. The summed E-state index contributed by atoms with van der Waals surface area (Å²) in [4.78, 5) is 10.5. The number of methoxy groups -OCH3 is 1. The molecule has 0 rings (SSSR count). The van der Waals surface area contributed by atoms with Crippen molar-refractivity contribution in [2.45, 2.75) is 46.8 Å². The summed E-state index contributed by atoms with van der Waals surface area (Å²) < 4.78 is 5.00. The molecule has 74 valence electrons. The van der Waals surface area contributed by atoms with Crippen molar-refractivity contribution >= 4 is 5.91 Å². The SMILES string of the molecule is CC.COC(C)C(C)NC(C)=O. The molecular formula is C9H21NO2. The predicted molar refractivity (Wildman–Crippen MR) is 51.1 cm³/mol. The summed E-state index contributed by atoms with van der Waals surface area (Å²) in [5.74, 6) is -0.0172. The summed E-state index contributed by atoms with van der Waals surface area (Å²) in [6, 6.07) is 0.0856. The molecule has 12 heavy (non-hydrogen) atoms. The Labute approximate surface area is 75.5 Å². The monoisotopic (exact) mass is 175 g/mol. The molecule has 0 aromatic carbocycles. The maximum Gasteiger partial charge on any atom is 0.217 e. The number of ether oxygens (including phenoxy) is 1. The van der Waals surface area contributed by atoms with Crippen LogP contribution < -0.4 is 5.32 Å². The van der Waals surface area contributed by atoms with Crippen LogP contribution in [0, 0.1) is 0 Å². The van der Waals surface area contributed by atoms with E-state index in [4.69, 9.17) is 4.74 Å². The maximum absolute atomic E-state index is 10.5. The normalized spacial score (nSPS) is 13.8. The van der Waals surface area contributed by atoms with Crippen LogP contribution in [0.1, 0.15) is 34.6 Å². The Morgan fingerprint density at radius 3 is 2.00 bits per heavy atom. The maximum atomic E-state index is 10.5. The van der Waals surface area contributed by atoms with Crippen molar-refractivity contribution in [3.05, 3.63) is 0 Å². The lowest BCUT2D eigenvalue weighted by Crippen LogP contribution is -2.39. The van der Waals surface area contributed by atoms with Crippen LogP contribution in [-0.2, 0) is 9.53 Å². The number of carbonyl (C=O) groups is 1. The molecular weight excluding hydrogens is 154 g/mol. The third-order valence-corrected chi connectivity index (χ3v) is 1.51. The lowest BCUT2D eigenvalue weighted by atomic mass is 10.2. The van der Waals surface area contributed by atoms with Gasteiger partial charge in [0.25, 0.3) is 0 Å². The van der Waals surface area contributed by atoms with Gasteiger partial charge >= 0.3 is 0 Å². The second-order valence-electron chi connectivity index (χ2n) is 2.43. The fraction of sp³-hybridized carbons (Fsp3) is 0.889. The Balaban J connectivity index is 0. The number of hydrogen-bond donors (Lipinski definition) is 1. The lowest BCUT2D eigenvalue weighted by Gasteiger charge is -2.18. The number of nitrogens with one attached hydrogen (secondary N) is 1. The molecule has 0 fully saturated rings. The molecule has 0 heterocycles. The van der Waals surface area contributed by atoms with E-state index in [0.717, 1.165) is 0 Å². The average molecular weight is 175 g/mol. The molecule has 3 nitrogen and oxygen atoms in total. The molecule has 3 heteroatoms. The highest BCUT2D eigenvalue weighted by atomic mass is 16.5. The van der Waals surface area contributed by atoms with Gasteiger partial charge in [0, 0.05) is 14.0 Å². The first-order valence-electron chi connectivity index (χ1n) is 4.37. The Kier molecular flexibility index (Phi) is 9.93. The molecule has 0 aromatic rings. The van der Waals surface area contributed by atoms with Crippen molar-refractivity contribution in [1.82, 2.24) is 5.32 Å². The van der Waals surface area contributed by atoms with Gasteiger partial charge < -0.3 is 10.1 Å². The predicted octanol–water partition coefficient (Wildman–Crippen LogP) is 1.57. The van der Waals surface area contributed by atoms with E-state index < -0.39 is 0 Å². The highest BCUT2D eigenvalue weighted by Crippen LogP contribution is 1.94. The van der Waals surface area contributed by atoms with E-state index in [1.54, 1.807) is 7.11 Å². The van der Waals surface area contributed by atoms with Gasteiger partial charge in [-0.2, -0.15) is 0 Å². The van der Waals surface area contributed by atoms with E-state index in [-0.39, 0.29) is 18.1 Å². The molecule has 0 saturated heterocycles. The van der Waals surface area contributed by atoms with Gasteiger partial charge in [-0.3, -0.25) is 4.79 Å². The molecule has 1 amide bonds. The zero-order valence-corrected chi connectivity index (χ0v) is 8.97. The van der Waals surface area contributed by atoms with E-state index in [9.17, 15) is 4.79 Å². The van der Waals surface area contributed by atoms with Crippen LogP contribution in [-0.4, -0.2) is 25.2 Å². The van der Waals surface area contributed by atoms with Gasteiger partial charge in [0.2, 0.25) is 5.91 Å². The largest absolute Gasteiger partial charge is 0.380 e. The van der Waals surface area contributed by atoms with Gasteiger partial charge in [-0.15, -0.1) is 0 Å². The number of carbonyl (C=O) groups excluding carboxylic acids is 1. The first-order chi connectivity index (χ1) is 5.57. The first-order valence-corrected chi connectivity index (χ1v) is 4.37. The van der Waals surface area contributed by atoms with E-state index in [1.165, 1.54) is 6.92 Å². The smallest absolute Gasteiger partial charge is 0.217 e. The summed E-state index contributed by atoms with van der Waals surface area (Å²) in [5, 5.41) is 2.73. The second-order valence-corrected chi connectivity index (χ2v) is 2.43. The zero-order chi connectivity index (χ0) is 10.1. The quantitative estimate of drug-likeness (QED) is 0.707. The fourth-order valence-corrected chi connectivity index (χ4v) is 0.642. The van der Waals surface area contributed by atoms with Crippen LogP contribution >= 0.6 is 0 Å². The molecule has 0 spiro atoms. The van der Waals surface area contributed by atoms with Crippen LogP contribution in [0.3, 0.4) is 0 Å². The molecule has 2 atom stereocenters. The third-order valence-electron chi connectivity index (χ3n) is 1.51. The molecule has 0 aromatic heterocycles. The first kappa shape index (κ1) is 14.0. The van der Waals surface area contributed by atoms with E-state index in [2.05, 4.69) is 5.32 Å². The van der Waals surface area contributed by atoms with Gasteiger partial charge in [0.05, 0.1) is 12.1 Å². The van der Waals surface area contributed by atoms with E-state index in [0.29, 0.717) is 0 Å². The molecule has 0 radical (unpaired) electrons. The van der Waals surface area contributed by atoms with Crippen molar-refractivity contribution in [3.63, 3.8) is 0 Å². The zero-order valence-electron chi connectivity index (χ0n) is 8.97. The Morgan fingerprint density at radius 1 is 1.33 bits per heavy atom. The van der Waals surface area contributed by atoms with Crippen LogP contribution in [0.4, 0.5) is 0 Å². The van der Waals surface area contributed by atoms with Gasteiger partial charge in [0.15, 0.2) is 0 Å². The topological polar surface area (TPSA) is 38.3 Å². The number of hydrogen-bond acceptors (Lipinski definition) is 2. The van der Waals surface area contributed by atoms with Crippen molar-refractivity contribution in [1.29, 1.82) is 0 Å². The van der Waals surface area contributed by atoms with Crippen molar-refractivity contribution < 1.29 is 9.53 Å². The minimum Gasteiger partial charge on any atom is -0.380 e. The summed E-state index contributed by atoms with van der Waals surface area (Å²) in [7, 11) is 1.63. The highest BCUT2D eigenvalue weighted by molar-refractivity contribution is 5.73. The minimum atomic E-state index is -0.0172. The standard InChI is InChI=1S/C7H15NO2.C2H6/c1-5(6(2)10-4)8-7(3)9;1-2/h5-6H,1-4H3,(H,8,9);1-2H3. The average Bonchev–Trinajstić information content (AvgIpc) is 2.05. The summed E-state index contributed by atoms with van der Waals surface area (Å²) in [6.07, 6.45) is 0.0731. The van der Waals surface area contributed by atoms with Gasteiger partial charge in [0.1, 0.15) is 0 Å².